The summed E-state index contributed by atoms with van der Waals surface area (Å²) < 4.78 is 9.32. The summed E-state index contributed by atoms with van der Waals surface area (Å²) in [6.07, 6.45) is 1.88. The Kier molecular flexibility index (Phi) is 4.30. The topological polar surface area (TPSA) is 65.5 Å². The van der Waals surface area contributed by atoms with Crippen LogP contribution in [0.3, 0.4) is 0 Å². The van der Waals surface area contributed by atoms with E-state index >= 15 is 0 Å². The van der Waals surface area contributed by atoms with Crippen molar-refractivity contribution in [2.24, 2.45) is 5.92 Å². The molecule has 104 valence electrons. The molecule has 1 heterocycles. The molecule has 0 spiro atoms. The van der Waals surface area contributed by atoms with Gasteiger partial charge in [-0.2, -0.15) is 0 Å². The van der Waals surface area contributed by atoms with Crippen LogP contribution in [0.4, 0.5) is 0 Å². The summed E-state index contributed by atoms with van der Waals surface area (Å²) in [6, 6.07) is 9.40. The Morgan fingerprint density at radius 2 is 1.75 bits per heavy atom. The highest BCUT2D eigenvalue weighted by Gasteiger charge is 2.29. The number of rotatable bonds is 4. The van der Waals surface area contributed by atoms with Gasteiger partial charge in [0.1, 0.15) is 0 Å². The summed E-state index contributed by atoms with van der Waals surface area (Å²) in [5.74, 6) is -2.19. The molecule has 1 aromatic heterocycles. The second-order valence-corrected chi connectivity index (χ2v) is 4.30. The highest BCUT2D eigenvalue weighted by Crippen LogP contribution is 2.20. The Balaban J connectivity index is 2.38. The first-order chi connectivity index (χ1) is 9.67. The maximum Gasteiger partial charge on any atom is 0.320 e. The summed E-state index contributed by atoms with van der Waals surface area (Å²) >= 11 is 0. The summed E-state index contributed by atoms with van der Waals surface area (Å²) in [6.45, 7) is 0. The Morgan fingerprint density at radius 3 is 2.40 bits per heavy atom. The average Bonchev–Trinajstić information content (AvgIpc) is 2.51. The molecule has 0 bridgehead atoms. The van der Waals surface area contributed by atoms with Crippen molar-refractivity contribution in [1.29, 1.82) is 0 Å². The molecule has 0 unspecified atom stereocenters. The third-order valence-corrected chi connectivity index (χ3v) is 3.11. The summed E-state index contributed by atoms with van der Waals surface area (Å²) in [5.41, 5.74) is 1.58. The van der Waals surface area contributed by atoms with Crippen LogP contribution in [0.15, 0.2) is 36.5 Å². The number of hydrogen-bond acceptors (Lipinski definition) is 5. The van der Waals surface area contributed by atoms with Crippen molar-refractivity contribution in [3.05, 3.63) is 42.1 Å². The molecular formula is C15H15NO4. The maximum atomic E-state index is 11.7. The summed E-state index contributed by atoms with van der Waals surface area (Å²) in [4.78, 5) is 27.7. The fraction of sp³-hybridized carbons (Fsp3) is 0.267. The van der Waals surface area contributed by atoms with E-state index in [1.54, 1.807) is 6.20 Å². The lowest BCUT2D eigenvalue weighted by molar-refractivity contribution is -0.158. The molecule has 5 nitrogen and oxygen atoms in total. The van der Waals surface area contributed by atoms with Crippen molar-refractivity contribution in [3.8, 4) is 0 Å². The second kappa shape index (κ2) is 6.14. The highest BCUT2D eigenvalue weighted by atomic mass is 16.5. The smallest absolute Gasteiger partial charge is 0.320 e. The second-order valence-electron chi connectivity index (χ2n) is 4.30. The molecule has 0 saturated carbocycles. The van der Waals surface area contributed by atoms with Crippen LogP contribution in [0, 0.1) is 5.92 Å². The SMILES string of the molecule is COC(=O)C(Cc1cccc2cccnc12)C(=O)OC. The van der Waals surface area contributed by atoms with Gasteiger partial charge in [0, 0.05) is 11.6 Å². The Bertz CT molecular complexity index is 617. The summed E-state index contributed by atoms with van der Waals surface area (Å²) in [7, 11) is 2.50. The van der Waals surface area contributed by atoms with E-state index in [4.69, 9.17) is 0 Å². The molecule has 5 heteroatoms. The van der Waals surface area contributed by atoms with Crippen LogP contribution in [0.1, 0.15) is 5.56 Å². The predicted molar refractivity (Wildman–Crippen MR) is 73.0 cm³/mol. The van der Waals surface area contributed by atoms with E-state index < -0.39 is 17.9 Å². The normalized spacial score (nSPS) is 10.6. The van der Waals surface area contributed by atoms with E-state index in [1.165, 1.54) is 14.2 Å². The third kappa shape index (κ3) is 2.77. The number of pyridine rings is 1. The zero-order valence-electron chi connectivity index (χ0n) is 11.3. The number of aromatic nitrogens is 1. The van der Waals surface area contributed by atoms with Crippen LogP contribution in [-0.2, 0) is 25.5 Å². The highest BCUT2D eigenvalue weighted by molar-refractivity contribution is 5.95. The fourth-order valence-electron chi connectivity index (χ4n) is 2.10. The number of fused-ring (bicyclic) bond motifs is 1. The largest absolute Gasteiger partial charge is 0.468 e. The van der Waals surface area contributed by atoms with Crippen molar-refractivity contribution >= 4 is 22.8 Å². The zero-order chi connectivity index (χ0) is 14.5. The van der Waals surface area contributed by atoms with Crippen LogP contribution in [0.25, 0.3) is 10.9 Å². The molecule has 2 rings (SSSR count). The van der Waals surface area contributed by atoms with Gasteiger partial charge in [0.2, 0.25) is 0 Å². The van der Waals surface area contributed by atoms with Crippen LogP contribution < -0.4 is 0 Å². The van der Waals surface area contributed by atoms with Crippen molar-refractivity contribution in [1.82, 2.24) is 4.98 Å². The van der Waals surface area contributed by atoms with Gasteiger partial charge in [0.25, 0.3) is 0 Å². The number of methoxy groups -OCH3 is 2. The molecule has 1 aromatic carbocycles. The van der Waals surface area contributed by atoms with Crippen molar-refractivity contribution < 1.29 is 19.1 Å². The minimum atomic E-state index is -0.974. The van der Waals surface area contributed by atoms with E-state index in [1.807, 2.05) is 30.3 Å². The number of nitrogens with zero attached hydrogens (tertiary/aromatic N) is 1. The van der Waals surface area contributed by atoms with Crippen molar-refractivity contribution in [2.45, 2.75) is 6.42 Å². The first-order valence-corrected chi connectivity index (χ1v) is 6.15. The average molecular weight is 273 g/mol. The number of hydrogen-bond donors (Lipinski definition) is 0. The molecule has 0 aliphatic carbocycles. The first-order valence-electron chi connectivity index (χ1n) is 6.15. The van der Waals surface area contributed by atoms with E-state index in [0.29, 0.717) is 0 Å². The van der Waals surface area contributed by atoms with Gasteiger partial charge >= 0.3 is 11.9 Å². The Hall–Kier alpha value is -2.43. The molecular weight excluding hydrogens is 258 g/mol. The standard InChI is InChI=1S/C15H15NO4/c1-19-14(17)12(15(18)20-2)9-11-6-3-5-10-7-4-8-16-13(10)11/h3-8,12H,9H2,1-2H3. The van der Waals surface area contributed by atoms with Gasteiger partial charge in [-0.3, -0.25) is 14.6 Å². The van der Waals surface area contributed by atoms with Crippen LogP contribution in [0.2, 0.25) is 0 Å². The molecule has 0 amide bonds. The number of carbonyl (C=O) groups excluding carboxylic acids is 2. The molecule has 0 aliphatic heterocycles. The zero-order valence-corrected chi connectivity index (χ0v) is 11.3. The monoisotopic (exact) mass is 273 g/mol. The van der Waals surface area contributed by atoms with E-state index in [2.05, 4.69) is 14.5 Å². The minimum absolute atomic E-state index is 0.202. The lowest BCUT2D eigenvalue weighted by Gasteiger charge is -2.13. The van der Waals surface area contributed by atoms with Crippen LogP contribution >= 0.6 is 0 Å². The van der Waals surface area contributed by atoms with Gasteiger partial charge in [-0.25, -0.2) is 0 Å². The lowest BCUT2D eigenvalue weighted by atomic mass is 9.97. The molecule has 0 fully saturated rings. The quantitative estimate of drug-likeness (QED) is 0.627. The minimum Gasteiger partial charge on any atom is -0.468 e. The van der Waals surface area contributed by atoms with Crippen LogP contribution in [-0.4, -0.2) is 31.1 Å². The molecule has 0 radical (unpaired) electrons. The number of para-hydroxylation sites is 1. The van der Waals surface area contributed by atoms with Gasteiger partial charge in [-0.05, 0) is 18.1 Å². The molecule has 0 atom stereocenters. The number of benzene rings is 1. The fourth-order valence-corrected chi connectivity index (χ4v) is 2.10. The van der Waals surface area contributed by atoms with E-state index in [0.717, 1.165) is 16.5 Å². The number of carbonyl (C=O) groups is 2. The molecule has 0 saturated heterocycles. The van der Waals surface area contributed by atoms with Gasteiger partial charge in [-0.1, -0.05) is 24.3 Å². The molecule has 2 aromatic rings. The summed E-state index contributed by atoms with van der Waals surface area (Å²) in [5, 5.41) is 0.957. The van der Waals surface area contributed by atoms with Gasteiger partial charge in [0.15, 0.2) is 5.92 Å². The van der Waals surface area contributed by atoms with E-state index in [9.17, 15) is 9.59 Å². The van der Waals surface area contributed by atoms with Crippen molar-refractivity contribution in [3.63, 3.8) is 0 Å². The predicted octanol–water partition coefficient (Wildman–Crippen LogP) is 1.74. The molecule has 20 heavy (non-hydrogen) atoms. The van der Waals surface area contributed by atoms with Gasteiger partial charge in [-0.15, -0.1) is 0 Å². The van der Waals surface area contributed by atoms with E-state index in [-0.39, 0.29) is 6.42 Å². The Morgan fingerprint density at radius 1 is 1.10 bits per heavy atom. The number of ether oxygens (including phenoxy) is 2. The van der Waals surface area contributed by atoms with Gasteiger partial charge in [0.05, 0.1) is 19.7 Å². The van der Waals surface area contributed by atoms with Crippen LogP contribution in [0.5, 0.6) is 0 Å². The van der Waals surface area contributed by atoms with Gasteiger partial charge < -0.3 is 9.47 Å². The maximum absolute atomic E-state index is 11.7. The molecule has 0 N–H and O–H groups in total. The first kappa shape index (κ1) is 14.0. The van der Waals surface area contributed by atoms with Crippen molar-refractivity contribution in [2.75, 3.05) is 14.2 Å². The third-order valence-electron chi connectivity index (χ3n) is 3.11. The lowest BCUT2D eigenvalue weighted by Crippen LogP contribution is -2.28. The Labute approximate surface area is 116 Å². The molecule has 0 aliphatic rings. The number of esters is 2.